The maximum absolute atomic E-state index is 11.3. The van der Waals surface area contributed by atoms with Gasteiger partial charge in [0.1, 0.15) is 5.25 Å². The van der Waals surface area contributed by atoms with Crippen molar-refractivity contribution >= 4 is 16.8 Å². The summed E-state index contributed by atoms with van der Waals surface area (Å²) in [5, 5.41) is 7.75. The smallest absolute Gasteiger partial charge is 0.318 e. The van der Waals surface area contributed by atoms with Crippen LogP contribution in [0.3, 0.4) is 0 Å². The molecule has 1 N–H and O–H groups in total. The summed E-state index contributed by atoms with van der Waals surface area (Å²) >= 11 is 0. The molecule has 0 aliphatic carbocycles. The Kier molecular flexibility index (Phi) is 8.55. The Morgan fingerprint density at radius 3 is 2.60 bits per heavy atom. The van der Waals surface area contributed by atoms with Crippen LogP contribution in [0.2, 0.25) is 0 Å². The molecule has 0 saturated heterocycles. The zero-order valence-electron chi connectivity index (χ0n) is 9.10. The molecule has 0 saturated carbocycles. The van der Waals surface area contributed by atoms with Crippen molar-refractivity contribution in [2.45, 2.75) is 18.6 Å². The Morgan fingerprint density at radius 2 is 2.07 bits per heavy atom. The maximum Gasteiger partial charge on any atom is 0.318 e. The van der Waals surface area contributed by atoms with Crippen LogP contribution in [0.1, 0.15) is 13.3 Å². The van der Waals surface area contributed by atoms with Gasteiger partial charge in [-0.25, -0.2) is 0 Å². The topological polar surface area (TPSA) is 72.8 Å². The molecule has 0 fully saturated rings. The molecule has 0 heterocycles. The first-order chi connectivity index (χ1) is 7.09. The molecule has 0 radical (unpaired) electrons. The number of aliphatic carboxylic acids is 1. The first kappa shape index (κ1) is 14.5. The molecule has 0 aliphatic heterocycles. The molecule has 0 aliphatic rings. The quantitative estimate of drug-likeness (QED) is 0.583. The van der Waals surface area contributed by atoms with Gasteiger partial charge in [0, 0.05) is 36.9 Å². The summed E-state index contributed by atoms with van der Waals surface area (Å²) in [6.07, 6.45) is 0.789. The first-order valence-corrected chi connectivity index (χ1v) is 6.14. The van der Waals surface area contributed by atoms with E-state index in [1.165, 1.54) is 6.92 Å². The molecule has 0 aromatic heterocycles. The summed E-state index contributed by atoms with van der Waals surface area (Å²) in [4.78, 5) is 10.5. The minimum absolute atomic E-state index is 0.264. The molecule has 6 heteroatoms. The van der Waals surface area contributed by atoms with Crippen LogP contribution in [-0.2, 0) is 25.1 Å². The lowest BCUT2D eigenvalue weighted by Gasteiger charge is -2.07. The van der Waals surface area contributed by atoms with Gasteiger partial charge in [-0.2, -0.15) is 0 Å². The van der Waals surface area contributed by atoms with Crippen molar-refractivity contribution in [2.75, 3.05) is 32.7 Å². The van der Waals surface area contributed by atoms with Gasteiger partial charge in [-0.3, -0.25) is 9.00 Å². The van der Waals surface area contributed by atoms with Gasteiger partial charge in [-0.05, 0) is 13.3 Å². The molecule has 0 aromatic rings. The molecule has 15 heavy (non-hydrogen) atoms. The van der Waals surface area contributed by atoms with E-state index < -0.39 is 22.0 Å². The Balaban J connectivity index is 3.43. The van der Waals surface area contributed by atoms with E-state index in [0.29, 0.717) is 19.8 Å². The molecule has 5 nitrogen and oxygen atoms in total. The number of hydrogen-bond donors (Lipinski definition) is 1. The minimum Gasteiger partial charge on any atom is -0.480 e. The summed E-state index contributed by atoms with van der Waals surface area (Å²) in [5.41, 5.74) is 0. The van der Waals surface area contributed by atoms with Gasteiger partial charge in [0.25, 0.3) is 0 Å². The van der Waals surface area contributed by atoms with E-state index in [4.69, 9.17) is 14.6 Å². The molecular formula is C9H18O5S. The Hall–Kier alpha value is -0.460. The van der Waals surface area contributed by atoms with Gasteiger partial charge in [0.15, 0.2) is 0 Å². The van der Waals surface area contributed by atoms with Crippen molar-refractivity contribution in [2.24, 2.45) is 0 Å². The summed E-state index contributed by atoms with van der Waals surface area (Å²) < 4.78 is 21.3. The fraction of sp³-hybridized carbons (Fsp3) is 0.889. The number of ether oxygens (including phenoxy) is 2. The van der Waals surface area contributed by atoms with E-state index in [1.54, 1.807) is 7.11 Å². The van der Waals surface area contributed by atoms with Gasteiger partial charge in [0.2, 0.25) is 0 Å². The van der Waals surface area contributed by atoms with Gasteiger partial charge >= 0.3 is 5.97 Å². The van der Waals surface area contributed by atoms with E-state index in [9.17, 15) is 9.00 Å². The third kappa shape index (κ3) is 7.47. The molecule has 2 atom stereocenters. The summed E-state index contributed by atoms with van der Waals surface area (Å²) in [6, 6.07) is 0. The zero-order chi connectivity index (χ0) is 11.7. The third-order valence-electron chi connectivity index (χ3n) is 1.81. The van der Waals surface area contributed by atoms with Crippen LogP contribution in [0.25, 0.3) is 0 Å². The van der Waals surface area contributed by atoms with Crippen molar-refractivity contribution in [1.29, 1.82) is 0 Å². The molecule has 0 amide bonds. The Morgan fingerprint density at radius 1 is 1.40 bits per heavy atom. The third-order valence-corrected chi connectivity index (χ3v) is 3.37. The highest BCUT2D eigenvalue weighted by atomic mass is 32.2. The first-order valence-electron chi connectivity index (χ1n) is 4.76. The second kappa shape index (κ2) is 8.82. The summed E-state index contributed by atoms with van der Waals surface area (Å²) in [5.74, 6) is -0.770. The normalized spacial score (nSPS) is 14.8. The standard InChI is InChI=1S/C9H18O5S/c1-8(9(10)11)15(12)7-6-14-5-3-4-13-2/h8H,3-7H2,1-2H3,(H,10,11). The highest BCUT2D eigenvalue weighted by Gasteiger charge is 2.17. The molecule has 0 aromatic carbocycles. The summed E-state index contributed by atoms with van der Waals surface area (Å²) in [6.45, 7) is 2.94. The van der Waals surface area contributed by atoms with Gasteiger partial charge in [0.05, 0.1) is 6.61 Å². The van der Waals surface area contributed by atoms with E-state index in [2.05, 4.69) is 0 Å². The molecule has 0 spiro atoms. The van der Waals surface area contributed by atoms with Crippen LogP contribution in [0.4, 0.5) is 0 Å². The van der Waals surface area contributed by atoms with Gasteiger partial charge < -0.3 is 14.6 Å². The van der Waals surface area contributed by atoms with Crippen molar-refractivity contribution < 1.29 is 23.6 Å². The van der Waals surface area contributed by atoms with E-state index in [-0.39, 0.29) is 5.75 Å². The lowest BCUT2D eigenvalue weighted by atomic mass is 10.5. The van der Waals surface area contributed by atoms with Crippen LogP contribution in [0.15, 0.2) is 0 Å². The van der Waals surface area contributed by atoms with Crippen molar-refractivity contribution in [3.8, 4) is 0 Å². The largest absolute Gasteiger partial charge is 0.480 e. The van der Waals surface area contributed by atoms with Gasteiger partial charge in [-0.15, -0.1) is 0 Å². The monoisotopic (exact) mass is 238 g/mol. The average Bonchev–Trinajstić information content (AvgIpc) is 2.21. The number of rotatable bonds is 9. The number of carbonyl (C=O) groups is 1. The minimum atomic E-state index is -1.36. The maximum atomic E-state index is 11.3. The molecule has 0 rings (SSSR count). The fourth-order valence-electron chi connectivity index (χ4n) is 0.838. The molecule has 2 unspecified atom stereocenters. The van der Waals surface area contributed by atoms with E-state index >= 15 is 0 Å². The predicted octanol–water partition coefficient (Wildman–Crippen LogP) is 0.261. The Labute approximate surface area is 92.2 Å². The molecule has 0 bridgehead atoms. The van der Waals surface area contributed by atoms with Crippen LogP contribution in [0, 0.1) is 0 Å². The van der Waals surface area contributed by atoms with Crippen LogP contribution in [-0.4, -0.2) is 53.2 Å². The van der Waals surface area contributed by atoms with Crippen LogP contribution >= 0.6 is 0 Å². The second-order valence-corrected chi connectivity index (χ2v) is 4.90. The number of carboxylic acid groups (broad SMARTS) is 1. The Bertz CT molecular complexity index is 207. The fourth-order valence-corrected chi connectivity index (χ4v) is 1.70. The lowest BCUT2D eigenvalue weighted by Crippen LogP contribution is -2.25. The van der Waals surface area contributed by atoms with Gasteiger partial charge in [-0.1, -0.05) is 0 Å². The highest BCUT2D eigenvalue weighted by Crippen LogP contribution is 1.96. The highest BCUT2D eigenvalue weighted by molar-refractivity contribution is 7.86. The average molecular weight is 238 g/mol. The van der Waals surface area contributed by atoms with Crippen LogP contribution in [0.5, 0.6) is 0 Å². The van der Waals surface area contributed by atoms with E-state index in [1.807, 2.05) is 0 Å². The number of methoxy groups -OCH3 is 1. The number of carboxylic acids is 1. The SMILES string of the molecule is COCCCOCCS(=O)C(C)C(=O)O. The number of hydrogen-bond acceptors (Lipinski definition) is 4. The summed E-state index contributed by atoms with van der Waals surface area (Å²) in [7, 11) is 0.257. The lowest BCUT2D eigenvalue weighted by molar-refractivity contribution is -0.136. The van der Waals surface area contributed by atoms with Crippen LogP contribution < -0.4 is 0 Å². The zero-order valence-corrected chi connectivity index (χ0v) is 9.92. The molecular weight excluding hydrogens is 220 g/mol. The van der Waals surface area contributed by atoms with Crippen molar-refractivity contribution in [1.82, 2.24) is 0 Å². The van der Waals surface area contributed by atoms with E-state index in [0.717, 1.165) is 6.42 Å². The van der Waals surface area contributed by atoms with Crippen molar-refractivity contribution in [3.63, 3.8) is 0 Å². The molecule has 90 valence electrons. The van der Waals surface area contributed by atoms with Crippen molar-refractivity contribution in [3.05, 3.63) is 0 Å². The predicted molar refractivity (Wildman–Crippen MR) is 57.4 cm³/mol. The second-order valence-electron chi connectivity index (χ2n) is 3.02.